The lowest BCUT2D eigenvalue weighted by Gasteiger charge is -2.24. The van der Waals surface area contributed by atoms with Crippen LogP contribution in [0.2, 0.25) is 0 Å². The molecule has 2 aromatic rings. The van der Waals surface area contributed by atoms with Gasteiger partial charge < -0.3 is 20.3 Å². The van der Waals surface area contributed by atoms with E-state index in [1.54, 1.807) is 30.5 Å². The Bertz CT molecular complexity index is 731. The molecule has 1 unspecified atom stereocenters. The second-order valence-electron chi connectivity index (χ2n) is 6.35. The Labute approximate surface area is 167 Å². The van der Waals surface area contributed by atoms with Gasteiger partial charge in [0, 0.05) is 25.0 Å². The molecule has 1 heterocycles. The summed E-state index contributed by atoms with van der Waals surface area (Å²) in [5.74, 6) is 0.842. The Hall–Kier alpha value is -2.26. The van der Waals surface area contributed by atoms with Crippen LogP contribution >= 0.6 is 11.3 Å². The number of hydrogen-bond donors (Lipinski definition) is 2. The van der Waals surface area contributed by atoms with Gasteiger partial charge >= 0.3 is 6.18 Å². The lowest BCUT2D eigenvalue weighted by molar-refractivity contribution is -0.153. The molecule has 0 saturated carbocycles. The van der Waals surface area contributed by atoms with Gasteiger partial charge in [0.15, 0.2) is 12.6 Å². The van der Waals surface area contributed by atoms with Gasteiger partial charge in [-0.05, 0) is 43.2 Å². The Kier molecular flexibility index (Phi) is 8.13. The lowest BCUT2D eigenvalue weighted by Crippen LogP contribution is -2.41. The van der Waals surface area contributed by atoms with Crippen LogP contribution < -0.4 is 15.4 Å². The highest BCUT2D eigenvalue weighted by Crippen LogP contribution is 2.22. The van der Waals surface area contributed by atoms with Crippen molar-refractivity contribution in [3.05, 3.63) is 52.2 Å². The maximum atomic E-state index is 12.2. The Balaban J connectivity index is 1.83. The van der Waals surface area contributed by atoms with Gasteiger partial charge in [-0.15, -0.1) is 11.3 Å². The summed E-state index contributed by atoms with van der Waals surface area (Å²) in [6.07, 6.45) is -4.34. The van der Waals surface area contributed by atoms with Crippen LogP contribution in [0.1, 0.15) is 16.5 Å². The average molecular weight is 414 g/mol. The summed E-state index contributed by atoms with van der Waals surface area (Å²) in [5.41, 5.74) is 0.907. The molecule has 1 atom stereocenters. The molecule has 1 aromatic heterocycles. The normalized spacial score (nSPS) is 13.5. The van der Waals surface area contributed by atoms with Crippen molar-refractivity contribution in [3.8, 4) is 5.75 Å². The molecule has 9 heteroatoms. The summed E-state index contributed by atoms with van der Waals surface area (Å²) >= 11 is 1.71. The minimum atomic E-state index is -4.34. The van der Waals surface area contributed by atoms with Crippen LogP contribution in [0.3, 0.4) is 0 Å². The standard InChI is InChI=1S/C19H25F3N4OS/c1-23-18(25-12-16(26(2)3)17-5-4-10-28-17)24-11-14-6-8-15(9-7-14)27-13-19(20,21)22/h4-10,16H,11-13H2,1-3H3,(H2,23,24,25). The fraction of sp³-hybridized carbons (Fsp3) is 0.421. The second-order valence-corrected chi connectivity index (χ2v) is 7.33. The Morgan fingerprint density at radius 2 is 1.89 bits per heavy atom. The highest BCUT2D eigenvalue weighted by atomic mass is 32.1. The molecule has 5 nitrogen and oxygen atoms in total. The number of hydrogen-bond acceptors (Lipinski definition) is 4. The van der Waals surface area contributed by atoms with E-state index in [4.69, 9.17) is 4.74 Å². The Morgan fingerprint density at radius 3 is 2.43 bits per heavy atom. The first-order valence-electron chi connectivity index (χ1n) is 8.71. The number of nitrogens with one attached hydrogen (secondary N) is 2. The summed E-state index contributed by atoms with van der Waals surface area (Å²) in [5, 5.41) is 8.57. The molecule has 0 aliphatic carbocycles. The van der Waals surface area contributed by atoms with Gasteiger partial charge in [0.2, 0.25) is 0 Å². The molecule has 154 valence electrons. The van der Waals surface area contributed by atoms with E-state index in [2.05, 4.69) is 32.0 Å². The van der Waals surface area contributed by atoms with E-state index >= 15 is 0 Å². The predicted molar refractivity (Wildman–Crippen MR) is 107 cm³/mol. The van der Waals surface area contributed by atoms with Crippen molar-refractivity contribution < 1.29 is 17.9 Å². The molecule has 28 heavy (non-hydrogen) atoms. The molecule has 0 amide bonds. The number of aliphatic imine (C=N–C) groups is 1. The van der Waals surface area contributed by atoms with Crippen LogP contribution in [0.25, 0.3) is 0 Å². The molecule has 0 saturated heterocycles. The lowest BCUT2D eigenvalue weighted by atomic mass is 10.2. The van der Waals surface area contributed by atoms with Crippen LogP contribution in [-0.4, -0.2) is 51.3 Å². The summed E-state index contributed by atoms with van der Waals surface area (Å²) in [6, 6.07) is 10.9. The number of halogens is 3. The third-order valence-electron chi connectivity index (χ3n) is 3.97. The Morgan fingerprint density at radius 1 is 1.18 bits per heavy atom. The van der Waals surface area contributed by atoms with Crippen molar-refractivity contribution in [2.75, 3.05) is 34.3 Å². The van der Waals surface area contributed by atoms with E-state index in [1.165, 1.54) is 17.0 Å². The number of alkyl halides is 3. The number of benzene rings is 1. The zero-order valence-electron chi connectivity index (χ0n) is 16.1. The van der Waals surface area contributed by atoms with Gasteiger partial charge in [0.05, 0.1) is 6.04 Å². The van der Waals surface area contributed by atoms with Gasteiger partial charge in [-0.1, -0.05) is 18.2 Å². The monoisotopic (exact) mass is 414 g/mol. The molecular formula is C19H25F3N4OS. The molecule has 0 aliphatic heterocycles. The SMILES string of the molecule is CN=C(NCc1ccc(OCC(F)(F)F)cc1)NCC(c1cccs1)N(C)C. The van der Waals surface area contributed by atoms with Gasteiger partial charge in [0.1, 0.15) is 5.75 Å². The van der Waals surface area contributed by atoms with Gasteiger partial charge in [0.25, 0.3) is 0 Å². The molecule has 0 bridgehead atoms. The third-order valence-corrected chi connectivity index (χ3v) is 4.94. The first-order chi connectivity index (χ1) is 13.3. The van der Waals surface area contributed by atoms with Crippen molar-refractivity contribution >= 4 is 17.3 Å². The summed E-state index contributed by atoms with van der Waals surface area (Å²) in [7, 11) is 5.76. The van der Waals surface area contributed by atoms with Gasteiger partial charge in [-0.3, -0.25) is 4.99 Å². The molecule has 0 spiro atoms. The van der Waals surface area contributed by atoms with E-state index in [1.807, 2.05) is 20.2 Å². The van der Waals surface area contributed by atoms with E-state index in [0.29, 0.717) is 19.0 Å². The van der Waals surface area contributed by atoms with E-state index < -0.39 is 12.8 Å². The van der Waals surface area contributed by atoms with Crippen LogP contribution in [0.5, 0.6) is 5.75 Å². The van der Waals surface area contributed by atoms with Crippen LogP contribution in [0.4, 0.5) is 13.2 Å². The number of nitrogens with zero attached hydrogens (tertiary/aromatic N) is 2. The minimum absolute atomic E-state index is 0.188. The summed E-state index contributed by atoms with van der Waals surface area (Å²) in [4.78, 5) is 7.63. The minimum Gasteiger partial charge on any atom is -0.484 e. The second kappa shape index (κ2) is 10.3. The van der Waals surface area contributed by atoms with Crippen molar-refractivity contribution in [2.45, 2.75) is 18.8 Å². The molecule has 0 aliphatic rings. The van der Waals surface area contributed by atoms with Crippen molar-refractivity contribution in [1.29, 1.82) is 0 Å². The summed E-state index contributed by atoms with van der Waals surface area (Å²) < 4.78 is 41.3. The zero-order chi connectivity index (χ0) is 20.6. The van der Waals surface area contributed by atoms with Crippen LogP contribution in [0.15, 0.2) is 46.8 Å². The highest BCUT2D eigenvalue weighted by Gasteiger charge is 2.28. The highest BCUT2D eigenvalue weighted by molar-refractivity contribution is 7.10. The fourth-order valence-electron chi connectivity index (χ4n) is 2.49. The number of thiophene rings is 1. The van der Waals surface area contributed by atoms with Crippen molar-refractivity contribution in [2.24, 2.45) is 4.99 Å². The van der Waals surface area contributed by atoms with Crippen molar-refractivity contribution in [1.82, 2.24) is 15.5 Å². The quantitative estimate of drug-likeness (QED) is 0.511. The van der Waals surface area contributed by atoms with E-state index in [9.17, 15) is 13.2 Å². The topological polar surface area (TPSA) is 48.9 Å². The molecule has 1 aromatic carbocycles. The number of guanidine groups is 1. The van der Waals surface area contributed by atoms with E-state index in [0.717, 1.165) is 5.56 Å². The average Bonchev–Trinajstić information content (AvgIpc) is 3.17. The van der Waals surface area contributed by atoms with Crippen LogP contribution in [0, 0.1) is 0 Å². The largest absolute Gasteiger partial charge is 0.484 e. The molecule has 2 N–H and O–H groups in total. The number of likely N-dealkylation sites (N-methyl/N-ethyl adjacent to an activating group) is 1. The molecule has 0 radical (unpaired) electrons. The first kappa shape index (κ1) is 22.0. The predicted octanol–water partition coefficient (Wildman–Crippen LogP) is 3.66. The maximum Gasteiger partial charge on any atom is 0.422 e. The molecular weight excluding hydrogens is 389 g/mol. The number of ether oxygens (including phenoxy) is 1. The van der Waals surface area contributed by atoms with Gasteiger partial charge in [-0.25, -0.2) is 0 Å². The van der Waals surface area contributed by atoms with Crippen LogP contribution in [-0.2, 0) is 6.54 Å². The summed E-state index contributed by atoms with van der Waals surface area (Å²) in [6.45, 7) is -0.110. The van der Waals surface area contributed by atoms with E-state index in [-0.39, 0.29) is 11.8 Å². The fourth-order valence-corrected chi connectivity index (χ4v) is 3.41. The number of rotatable bonds is 8. The first-order valence-corrected chi connectivity index (χ1v) is 9.59. The van der Waals surface area contributed by atoms with Gasteiger partial charge in [-0.2, -0.15) is 13.2 Å². The smallest absolute Gasteiger partial charge is 0.422 e. The molecule has 2 rings (SSSR count). The zero-order valence-corrected chi connectivity index (χ0v) is 16.9. The van der Waals surface area contributed by atoms with Crippen molar-refractivity contribution in [3.63, 3.8) is 0 Å². The molecule has 0 fully saturated rings. The third kappa shape index (κ3) is 7.40. The maximum absolute atomic E-state index is 12.2.